The molecule has 0 unspecified atom stereocenters. The summed E-state index contributed by atoms with van der Waals surface area (Å²) in [5.41, 5.74) is 3.80. The fourth-order valence-electron chi connectivity index (χ4n) is 5.42. The van der Waals surface area contributed by atoms with Gasteiger partial charge < -0.3 is 19.9 Å². The molecule has 1 heterocycles. The molecule has 1 aliphatic heterocycles. The third-order valence-corrected chi connectivity index (χ3v) is 6.84. The van der Waals surface area contributed by atoms with Gasteiger partial charge in [0.05, 0.1) is 0 Å². The Morgan fingerprint density at radius 2 is 1.62 bits per heavy atom. The first-order valence-electron chi connectivity index (χ1n) is 11.5. The predicted octanol–water partition coefficient (Wildman–Crippen LogP) is 3.84. The second-order valence-electron chi connectivity index (χ2n) is 10.2. The summed E-state index contributed by atoms with van der Waals surface area (Å²) >= 11 is 0. The zero-order valence-electron chi connectivity index (χ0n) is 19.4. The summed E-state index contributed by atoms with van der Waals surface area (Å²) in [6, 6.07) is 14.7. The molecule has 0 aromatic heterocycles. The number of carbonyl (C=O) groups is 3. The largest absolute Gasteiger partial charge is 0.480 e. The second-order valence-corrected chi connectivity index (χ2v) is 10.2. The van der Waals surface area contributed by atoms with Crippen LogP contribution >= 0.6 is 0 Å². The molecule has 4 atom stereocenters. The van der Waals surface area contributed by atoms with Crippen molar-refractivity contribution in [3.05, 3.63) is 59.7 Å². The zero-order chi connectivity index (χ0) is 24.2. The van der Waals surface area contributed by atoms with E-state index < -0.39 is 29.8 Å². The molecule has 1 saturated heterocycles. The fourth-order valence-corrected chi connectivity index (χ4v) is 5.42. The summed E-state index contributed by atoms with van der Waals surface area (Å²) < 4.78 is 10.9. The average Bonchev–Trinajstić information content (AvgIpc) is 3.14. The molecular weight excluding hydrogens is 436 g/mol. The highest BCUT2D eigenvalue weighted by molar-refractivity contribution is 5.83. The standard InChI is InChI=1S/C26H28N2O6/c1-26(2,3)34-24(31)27-21-18-12-28(22(20(18)21)23(29)30)25(32)33-13-19-16-10-6-4-8-14(16)15-9-5-7-11-17(15)19/h4-11,18-22H,12-13H2,1-3H3,(H,27,31)(H,29,30)/t18-,20+,21+,22-/m1/s1. The van der Waals surface area contributed by atoms with Gasteiger partial charge in [-0.2, -0.15) is 0 Å². The topological polar surface area (TPSA) is 105 Å². The lowest BCUT2D eigenvalue weighted by Crippen LogP contribution is -2.48. The minimum Gasteiger partial charge on any atom is -0.480 e. The lowest BCUT2D eigenvalue weighted by molar-refractivity contribution is -0.142. The Bertz CT molecular complexity index is 1110. The summed E-state index contributed by atoms with van der Waals surface area (Å²) in [6.45, 7) is 5.64. The van der Waals surface area contributed by atoms with Crippen molar-refractivity contribution in [2.45, 2.75) is 44.4 Å². The van der Waals surface area contributed by atoms with Gasteiger partial charge in [0.2, 0.25) is 0 Å². The number of ether oxygens (including phenoxy) is 2. The molecule has 34 heavy (non-hydrogen) atoms. The van der Waals surface area contributed by atoms with Gasteiger partial charge in [0.15, 0.2) is 0 Å². The molecular formula is C26H28N2O6. The highest BCUT2D eigenvalue weighted by Crippen LogP contribution is 2.50. The van der Waals surface area contributed by atoms with E-state index in [0.29, 0.717) is 0 Å². The number of nitrogens with one attached hydrogen (secondary N) is 1. The predicted molar refractivity (Wildman–Crippen MR) is 123 cm³/mol. The number of nitrogens with zero attached hydrogens (tertiary/aromatic N) is 1. The Labute approximate surface area is 197 Å². The number of fused-ring (bicyclic) bond motifs is 4. The van der Waals surface area contributed by atoms with Crippen LogP contribution in [-0.4, -0.2) is 59.0 Å². The first-order valence-corrected chi connectivity index (χ1v) is 11.5. The first kappa shape index (κ1) is 22.3. The highest BCUT2D eigenvalue weighted by atomic mass is 16.6. The summed E-state index contributed by atoms with van der Waals surface area (Å²) in [6.07, 6.45) is -1.22. The van der Waals surface area contributed by atoms with Crippen molar-refractivity contribution in [2.75, 3.05) is 13.2 Å². The normalized spacial score (nSPS) is 24.6. The van der Waals surface area contributed by atoms with Gasteiger partial charge in [-0.25, -0.2) is 14.4 Å². The van der Waals surface area contributed by atoms with Gasteiger partial charge in [0.1, 0.15) is 18.2 Å². The Kier molecular flexibility index (Phi) is 5.26. The molecule has 2 aromatic carbocycles. The number of hydrogen-bond donors (Lipinski definition) is 2. The molecule has 8 heteroatoms. The van der Waals surface area contributed by atoms with Crippen LogP contribution in [0.25, 0.3) is 11.1 Å². The van der Waals surface area contributed by atoms with E-state index in [2.05, 4.69) is 17.4 Å². The van der Waals surface area contributed by atoms with Crippen LogP contribution < -0.4 is 5.32 Å². The van der Waals surface area contributed by atoms with Gasteiger partial charge in [-0.05, 0) is 43.0 Å². The number of hydrogen-bond acceptors (Lipinski definition) is 5. The third-order valence-electron chi connectivity index (χ3n) is 6.84. The molecule has 1 saturated carbocycles. The van der Waals surface area contributed by atoms with Crippen molar-refractivity contribution in [3.8, 4) is 11.1 Å². The number of likely N-dealkylation sites (tertiary alicyclic amines) is 1. The van der Waals surface area contributed by atoms with Gasteiger partial charge in [0.25, 0.3) is 0 Å². The zero-order valence-corrected chi connectivity index (χ0v) is 19.4. The van der Waals surface area contributed by atoms with E-state index in [1.54, 1.807) is 20.8 Å². The number of carboxylic acids is 1. The van der Waals surface area contributed by atoms with Crippen molar-refractivity contribution >= 4 is 18.2 Å². The maximum absolute atomic E-state index is 13.0. The molecule has 5 rings (SSSR count). The number of rotatable bonds is 4. The van der Waals surface area contributed by atoms with Crippen LogP contribution in [0.1, 0.15) is 37.8 Å². The van der Waals surface area contributed by atoms with E-state index in [0.717, 1.165) is 22.3 Å². The molecule has 2 amide bonds. The number of aliphatic carboxylic acids is 1. The van der Waals surface area contributed by atoms with Crippen molar-refractivity contribution in [1.82, 2.24) is 10.2 Å². The van der Waals surface area contributed by atoms with E-state index in [4.69, 9.17) is 9.47 Å². The number of piperidine rings is 1. The minimum atomic E-state index is -1.10. The van der Waals surface area contributed by atoms with Crippen LogP contribution in [0.2, 0.25) is 0 Å². The number of carbonyl (C=O) groups excluding carboxylic acids is 2. The first-order chi connectivity index (χ1) is 16.2. The van der Waals surface area contributed by atoms with Crippen LogP contribution in [0, 0.1) is 11.8 Å². The molecule has 2 aromatic rings. The van der Waals surface area contributed by atoms with Gasteiger partial charge in [-0.1, -0.05) is 48.5 Å². The smallest absolute Gasteiger partial charge is 0.410 e. The molecule has 2 aliphatic carbocycles. The monoisotopic (exact) mass is 464 g/mol. The molecule has 2 fully saturated rings. The summed E-state index contributed by atoms with van der Waals surface area (Å²) in [5.74, 6) is -1.69. The number of benzene rings is 2. The molecule has 0 bridgehead atoms. The lowest BCUT2D eigenvalue weighted by atomic mass is 9.98. The van der Waals surface area contributed by atoms with Crippen molar-refractivity contribution < 1.29 is 29.0 Å². The summed E-state index contributed by atoms with van der Waals surface area (Å²) in [5, 5.41) is 12.6. The van der Waals surface area contributed by atoms with Crippen LogP contribution in [0.5, 0.6) is 0 Å². The van der Waals surface area contributed by atoms with Gasteiger partial charge in [-0.3, -0.25) is 4.90 Å². The van der Waals surface area contributed by atoms with Crippen LogP contribution in [0.15, 0.2) is 48.5 Å². The van der Waals surface area contributed by atoms with E-state index >= 15 is 0 Å². The molecule has 0 radical (unpaired) electrons. The molecule has 0 spiro atoms. The van der Waals surface area contributed by atoms with E-state index in [1.807, 2.05) is 36.4 Å². The summed E-state index contributed by atoms with van der Waals surface area (Å²) in [4.78, 5) is 38.3. The number of amides is 2. The van der Waals surface area contributed by atoms with Gasteiger partial charge in [0, 0.05) is 30.3 Å². The van der Waals surface area contributed by atoms with Crippen LogP contribution in [0.3, 0.4) is 0 Å². The molecule has 2 N–H and O–H groups in total. The Morgan fingerprint density at radius 1 is 1.03 bits per heavy atom. The Balaban J connectivity index is 1.24. The lowest BCUT2D eigenvalue weighted by Gasteiger charge is -2.27. The second kappa shape index (κ2) is 8.04. The summed E-state index contributed by atoms with van der Waals surface area (Å²) in [7, 11) is 0. The van der Waals surface area contributed by atoms with Crippen LogP contribution in [0.4, 0.5) is 9.59 Å². The maximum Gasteiger partial charge on any atom is 0.410 e. The molecule has 178 valence electrons. The Hall–Kier alpha value is -3.55. The fraction of sp³-hybridized carbons (Fsp3) is 0.423. The van der Waals surface area contributed by atoms with Crippen molar-refractivity contribution in [3.63, 3.8) is 0 Å². The molecule has 3 aliphatic rings. The molecule has 8 nitrogen and oxygen atoms in total. The third kappa shape index (κ3) is 3.87. The average molecular weight is 465 g/mol. The SMILES string of the molecule is CC(C)(C)OC(=O)N[C@H]1[C@@H]2CN(C(=O)OCC3c4ccccc4-c4ccccc43)[C@@H](C(=O)O)[C@@H]21. The maximum atomic E-state index is 13.0. The quantitative estimate of drug-likeness (QED) is 0.712. The minimum absolute atomic E-state index is 0.0988. The highest BCUT2D eigenvalue weighted by Gasteiger charge is 2.66. The Morgan fingerprint density at radius 3 is 2.18 bits per heavy atom. The van der Waals surface area contributed by atoms with E-state index in [9.17, 15) is 19.5 Å². The van der Waals surface area contributed by atoms with Gasteiger partial charge in [-0.15, -0.1) is 0 Å². The number of alkyl carbamates (subject to hydrolysis) is 1. The van der Waals surface area contributed by atoms with Crippen LogP contribution in [-0.2, 0) is 14.3 Å². The van der Waals surface area contributed by atoms with Gasteiger partial charge >= 0.3 is 18.2 Å². The number of carboxylic acid groups (broad SMARTS) is 1. The van der Waals surface area contributed by atoms with E-state index in [1.165, 1.54) is 4.90 Å². The van der Waals surface area contributed by atoms with E-state index in [-0.39, 0.29) is 36.9 Å². The van der Waals surface area contributed by atoms with Crippen molar-refractivity contribution in [2.24, 2.45) is 11.8 Å². The van der Waals surface area contributed by atoms with Crippen molar-refractivity contribution in [1.29, 1.82) is 0 Å².